The minimum absolute atomic E-state index is 0.148. The molecular weight excluding hydrogens is 408 g/mol. The molecule has 1 saturated heterocycles. The molecule has 3 atom stereocenters. The van der Waals surface area contributed by atoms with Crippen molar-refractivity contribution >= 4 is 32.3 Å². The van der Waals surface area contributed by atoms with Crippen LogP contribution in [0.25, 0.3) is 43.4 Å². The Hall–Kier alpha value is -3.52. The molecule has 2 heterocycles. The van der Waals surface area contributed by atoms with Crippen LogP contribution in [0, 0.1) is 0 Å². The molecule has 32 heavy (non-hydrogen) atoms. The van der Waals surface area contributed by atoms with Gasteiger partial charge in [-0.25, -0.2) is 4.79 Å². The van der Waals surface area contributed by atoms with Crippen LogP contribution in [-0.4, -0.2) is 38.6 Å². The van der Waals surface area contributed by atoms with Gasteiger partial charge in [0.1, 0.15) is 12.3 Å². The van der Waals surface area contributed by atoms with Crippen LogP contribution in [0.5, 0.6) is 0 Å². The molecule has 1 aliphatic rings. The van der Waals surface area contributed by atoms with Crippen LogP contribution in [-0.2, 0) is 4.74 Å². The van der Waals surface area contributed by atoms with E-state index in [0.29, 0.717) is 11.1 Å². The normalized spacial score (nSPS) is 21.2. The number of H-pyrrole nitrogens is 1. The number of aliphatic hydroxyl groups is 2. The van der Waals surface area contributed by atoms with Gasteiger partial charge in [0.15, 0.2) is 0 Å². The highest BCUT2D eigenvalue weighted by atomic mass is 16.5. The fraction of sp³-hybridized carbons (Fsp3) is 0.200. The van der Waals surface area contributed by atoms with E-state index in [-0.39, 0.29) is 13.0 Å². The summed E-state index contributed by atoms with van der Waals surface area (Å²) in [4.78, 5) is 27.8. The molecule has 4 aromatic carbocycles. The maximum Gasteiger partial charge on any atom is 0.330 e. The summed E-state index contributed by atoms with van der Waals surface area (Å²) in [6.45, 7) is -0.350. The Morgan fingerprint density at radius 1 is 0.938 bits per heavy atom. The van der Waals surface area contributed by atoms with Crippen molar-refractivity contribution in [2.24, 2.45) is 0 Å². The Labute approximate surface area is 181 Å². The molecule has 0 radical (unpaired) electrons. The standard InChI is InChI=1S/C25H20N2O5/c28-12-20-19(29)10-21(32-20)27-11-18(24(30)26-25(27)31)16-8-6-15-5-4-13-2-1-3-14-7-9-17(16)23(15)22(13)14/h1-9,11,19-21,28-29H,10,12H2,(H,26,30,31)/t19-,20+,21?/m0/s1. The molecule has 0 amide bonds. The Balaban J connectivity index is 1.59. The molecule has 1 unspecified atom stereocenters. The number of rotatable bonds is 3. The van der Waals surface area contributed by atoms with Crippen LogP contribution in [0.15, 0.2) is 70.4 Å². The monoisotopic (exact) mass is 428 g/mol. The summed E-state index contributed by atoms with van der Waals surface area (Å²) in [5.74, 6) is 0. The first-order chi connectivity index (χ1) is 15.5. The van der Waals surface area contributed by atoms with Crippen LogP contribution >= 0.6 is 0 Å². The summed E-state index contributed by atoms with van der Waals surface area (Å²) in [5.41, 5.74) is -0.0538. The summed E-state index contributed by atoms with van der Waals surface area (Å²) in [7, 11) is 0. The van der Waals surface area contributed by atoms with Gasteiger partial charge in [-0.3, -0.25) is 14.3 Å². The number of aromatic amines is 1. The molecule has 1 aliphatic heterocycles. The van der Waals surface area contributed by atoms with Crippen molar-refractivity contribution in [2.45, 2.75) is 24.9 Å². The zero-order chi connectivity index (χ0) is 22.0. The second kappa shape index (κ2) is 7.00. The Morgan fingerprint density at radius 2 is 1.62 bits per heavy atom. The van der Waals surface area contributed by atoms with Crippen molar-refractivity contribution in [3.05, 3.63) is 81.6 Å². The Kier molecular flexibility index (Phi) is 4.19. The molecule has 3 N–H and O–H groups in total. The van der Waals surface area contributed by atoms with E-state index in [0.717, 1.165) is 32.3 Å². The zero-order valence-corrected chi connectivity index (χ0v) is 17.0. The van der Waals surface area contributed by atoms with Crippen molar-refractivity contribution in [1.82, 2.24) is 9.55 Å². The molecule has 1 fully saturated rings. The van der Waals surface area contributed by atoms with Crippen LogP contribution < -0.4 is 11.2 Å². The van der Waals surface area contributed by atoms with Gasteiger partial charge in [0.25, 0.3) is 5.56 Å². The Bertz CT molecular complexity index is 1590. The van der Waals surface area contributed by atoms with Gasteiger partial charge in [0.2, 0.25) is 0 Å². The summed E-state index contributed by atoms with van der Waals surface area (Å²) < 4.78 is 6.93. The average molecular weight is 428 g/mol. The third-order valence-electron chi connectivity index (χ3n) is 6.48. The highest BCUT2D eigenvalue weighted by molar-refractivity contribution is 6.25. The molecule has 7 nitrogen and oxygen atoms in total. The highest BCUT2D eigenvalue weighted by Gasteiger charge is 2.35. The van der Waals surface area contributed by atoms with E-state index < -0.39 is 29.7 Å². The summed E-state index contributed by atoms with van der Waals surface area (Å²) in [6, 6.07) is 18.3. The number of hydrogen-bond acceptors (Lipinski definition) is 5. The fourth-order valence-electron chi connectivity index (χ4n) is 4.91. The second-order valence-electron chi connectivity index (χ2n) is 8.29. The van der Waals surface area contributed by atoms with E-state index in [1.165, 1.54) is 10.8 Å². The maximum absolute atomic E-state index is 12.9. The van der Waals surface area contributed by atoms with E-state index >= 15 is 0 Å². The third kappa shape index (κ3) is 2.72. The van der Waals surface area contributed by atoms with Gasteiger partial charge in [-0.2, -0.15) is 0 Å². The number of benzene rings is 4. The number of aromatic nitrogens is 2. The fourth-order valence-corrected chi connectivity index (χ4v) is 4.91. The smallest absolute Gasteiger partial charge is 0.330 e. The van der Waals surface area contributed by atoms with E-state index in [1.807, 2.05) is 30.3 Å². The van der Waals surface area contributed by atoms with Crippen molar-refractivity contribution < 1.29 is 14.9 Å². The predicted molar refractivity (Wildman–Crippen MR) is 122 cm³/mol. The molecule has 5 aromatic rings. The molecule has 6 rings (SSSR count). The summed E-state index contributed by atoms with van der Waals surface area (Å²) in [6.07, 6.45) is -0.789. The molecule has 0 spiro atoms. The lowest BCUT2D eigenvalue weighted by Crippen LogP contribution is -2.33. The molecule has 0 saturated carbocycles. The molecule has 160 valence electrons. The van der Waals surface area contributed by atoms with Gasteiger partial charge in [0, 0.05) is 12.6 Å². The number of nitrogens with one attached hydrogen (secondary N) is 1. The van der Waals surface area contributed by atoms with Gasteiger partial charge in [-0.05, 0) is 37.9 Å². The highest BCUT2D eigenvalue weighted by Crippen LogP contribution is 2.38. The van der Waals surface area contributed by atoms with Crippen LogP contribution in [0.1, 0.15) is 12.6 Å². The maximum atomic E-state index is 12.9. The van der Waals surface area contributed by atoms with Crippen LogP contribution in [0.2, 0.25) is 0 Å². The van der Waals surface area contributed by atoms with Crippen molar-refractivity contribution in [1.29, 1.82) is 0 Å². The minimum Gasteiger partial charge on any atom is -0.394 e. The van der Waals surface area contributed by atoms with Gasteiger partial charge in [-0.15, -0.1) is 0 Å². The minimum atomic E-state index is -0.887. The lowest BCUT2D eigenvalue weighted by atomic mass is 9.90. The molecule has 1 aromatic heterocycles. The third-order valence-corrected chi connectivity index (χ3v) is 6.48. The van der Waals surface area contributed by atoms with Gasteiger partial charge in [-0.1, -0.05) is 54.6 Å². The van der Waals surface area contributed by atoms with Crippen molar-refractivity contribution in [3.8, 4) is 11.1 Å². The van der Waals surface area contributed by atoms with Gasteiger partial charge < -0.3 is 14.9 Å². The summed E-state index contributed by atoms with van der Waals surface area (Å²) in [5, 5.41) is 25.9. The number of ether oxygens (including phenoxy) is 1. The molecule has 7 heteroatoms. The lowest BCUT2D eigenvalue weighted by molar-refractivity contribution is -0.0458. The predicted octanol–water partition coefficient (Wildman–Crippen LogP) is 2.74. The van der Waals surface area contributed by atoms with E-state index in [9.17, 15) is 19.8 Å². The van der Waals surface area contributed by atoms with E-state index in [1.54, 1.807) is 0 Å². The zero-order valence-electron chi connectivity index (χ0n) is 17.0. The first-order valence-electron chi connectivity index (χ1n) is 10.5. The van der Waals surface area contributed by atoms with E-state index in [4.69, 9.17) is 4.74 Å². The average Bonchev–Trinajstić information content (AvgIpc) is 3.18. The SMILES string of the molecule is O=c1[nH]c(=O)n(C2C[C@H](O)[C@@H](CO)O2)cc1-c1ccc2ccc3cccc4ccc1c2c34. The molecule has 0 bridgehead atoms. The number of nitrogens with zero attached hydrogens (tertiary/aromatic N) is 1. The quantitative estimate of drug-likeness (QED) is 0.383. The lowest BCUT2D eigenvalue weighted by Gasteiger charge is -2.17. The van der Waals surface area contributed by atoms with Gasteiger partial charge >= 0.3 is 5.69 Å². The van der Waals surface area contributed by atoms with Crippen molar-refractivity contribution in [2.75, 3.05) is 6.61 Å². The molecule has 0 aliphatic carbocycles. The first-order valence-corrected chi connectivity index (χ1v) is 10.5. The van der Waals surface area contributed by atoms with Gasteiger partial charge in [0.05, 0.1) is 18.3 Å². The second-order valence-corrected chi connectivity index (χ2v) is 8.29. The van der Waals surface area contributed by atoms with Crippen LogP contribution in [0.3, 0.4) is 0 Å². The summed E-state index contributed by atoms with van der Waals surface area (Å²) >= 11 is 0. The van der Waals surface area contributed by atoms with Crippen LogP contribution in [0.4, 0.5) is 0 Å². The number of hydrogen-bond donors (Lipinski definition) is 3. The van der Waals surface area contributed by atoms with Crippen molar-refractivity contribution in [3.63, 3.8) is 0 Å². The van der Waals surface area contributed by atoms with E-state index in [2.05, 4.69) is 29.2 Å². The first kappa shape index (κ1) is 19.2. The topological polar surface area (TPSA) is 105 Å². The largest absolute Gasteiger partial charge is 0.394 e. The number of aliphatic hydroxyl groups excluding tert-OH is 2. The molecular formula is C25H20N2O5. The Morgan fingerprint density at radius 3 is 2.34 bits per heavy atom.